The van der Waals surface area contributed by atoms with Crippen LogP contribution in [-0.4, -0.2) is 90.8 Å². The van der Waals surface area contributed by atoms with Crippen molar-refractivity contribution in [1.82, 2.24) is 10.2 Å². The second-order valence-corrected chi connectivity index (χ2v) is 11.8. The van der Waals surface area contributed by atoms with Gasteiger partial charge in [-0.25, -0.2) is 18.0 Å². The van der Waals surface area contributed by atoms with Crippen LogP contribution < -0.4 is 10.1 Å². The molecule has 9 nitrogen and oxygen atoms in total. The van der Waals surface area contributed by atoms with Crippen molar-refractivity contribution in [1.29, 1.82) is 0 Å². The zero-order chi connectivity index (χ0) is 30.3. The number of halogens is 3. The van der Waals surface area contributed by atoms with Gasteiger partial charge >= 0.3 is 6.09 Å². The molecule has 1 fully saturated rings. The number of carbonyl (C=O) groups excluding carboxylic acids is 2. The molecule has 1 heterocycles. The van der Waals surface area contributed by atoms with E-state index in [9.17, 15) is 27.9 Å². The highest BCUT2D eigenvalue weighted by molar-refractivity contribution is 5.73. The van der Waals surface area contributed by atoms with Crippen molar-refractivity contribution < 1.29 is 46.8 Å². The summed E-state index contributed by atoms with van der Waals surface area (Å²) in [6.07, 6.45) is -3.42. The van der Waals surface area contributed by atoms with E-state index in [2.05, 4.69) is 5.32 Å². The molecule has 0 bridgehead atoms. The molecule has 12 heteroatoms. The first-order valence-electron chi connectivity index (χ1n) is 13.3. The van der Waals surface area contributed by atoms with Gasteiger partial charge in [-0.05, 0) is 57.7 Å². The Hall–Kier alpha value is -2.57. The maximum absolute atomic E-state index is 14.4. The fourth-order valence-electron chi connectivity index (χ4n) is 4.07. The summed E-state index contributed by atoms with van der Waals surface area (Å²) in [5, 5.41) is 14.1. The van der Waals surface area contributed by atoms with Crippen LogP contribution in [0.4, 0.5) is 18.0 Å². The number of amides is 2. The predicted molar refractivity (Wildman–Crippen MR) is 142 cm³/mol. The number of alkyl halides is 2. The molecule has 1 aliphatic heterocycles. The maximum atomic E-state index is 14.4. The van der Waals surface area contributed by atoms with E-state index < -0.39 is 66.8 Å². The quantitative estimate of drug-likeness (QED) is 0.388. The summed E-state index contributed by atoms with van der Waals surface area (Å²) in [5.41, 5.74) is -2.22. The molecule has 0 spiro atoms. The van der Waals surface area contributed by atoms with E-state index in [-0.39, 0.29) is 25.5 Å². The number of benzene rings is 1. The molecular formula is C28H43F3N2O7. The predicted octanol–water partition coefficient (Wildman–Crippen LogP) is 3.94. The van der Waals surface area contributed by atoms with Crippen LogP contribution in [0.25, 0.3) is 0 Å². The molecule has 1 aromatic carbocycles. The minimum atomic E-state index is -1.78. The number of morpholine rings is 1. The molecule has 4 atom stereocenters. The van der Waals surface area contributed by atoms with Crippen LogP contribution in [0.2, 0.25) is 0 Å². The average Bonchev–Trinajstić information content (AvgIpc) is 2.85. The molecule has 2 N–H and O–H groups in total. The van der Waals surface area contributed by atoms with Gasteiger partial charge in [-0.1, -0.05) is 13.8 Å². The number of nitrogens with zero attached hydrogens (tertiary/aromatic N) is 1. The Morgan fingerprint density at radius 3 is 2.38 bits per heavy atom. The number of carbonyl (C=O) groups is 2. The summed E-state index contributed by atoms with van der Waals surface area (Å²) >= 11 is 0. The zero-order valence-electron chi connectivity index (χ0n) is 24.3. The molecule has 228 valence electrons. The minimum Gasteiger partial charge on any atom is -0.493 e. The summed E-state index contributed by atoms with van der Waals surface area (Å²) in [7, 11) is 0. The second-order valence-electron chi connectivity index (χ2n) is 11.8. The second kappa shape index (κ2) is 14.4. The molecule has 1 saturated heterocycles. The largest absolute Gasteiger partial charge is 0.493 e. The van der Waals surface area contributed by atoms with Crippen molar-refractivity contribution in [2.45, 2.75) is 90.6 Å². The average molecular weight is 577 g/mol. The van der Waals surface area contributed by atoms with E-state index in [0.29, 0.717) is 17.9 Å². The molecule has 0 aromatic heterocycles. The normalized spacial score (nSPS) is 19.8. The van der Waals surface area contributed by atoms with Gasteiger partial charge in [0.05, 0.1) is 37.9 Å². The number of aliphatic hydroxyl groups is 1. The van der Waals surface area contributed by atoms with E-state index >= 15 is 0 Å². The third-order valence-electron chi connectivity index (χ3n) is 5.97. The van der Waals surface area contributed by atoms with E-state index in [4.69, 9.17) is 18.9 Å². The molecule has 2 rings (SSSR count). The number of hydrogen-bond acceptors (Lipinski definition) is 7. The Balaban J connectivity index is 2.34. The highest BCUT2D eigenvalue weighted by Crippen LogP contribution is 2.26. The minimum absolute atomic E-state index is 0.00307. The Bertz CT molecular complexity index is 985. The lowest BCUT2D eigenvalue weighted by Gasteiger charge is -2.44. The van der Waals surface area contributed by atoms with Crippen molar-refractivity contribution in [3.8, 4) is 5.75 Å². The third kappa shape index (κ3) is 10.4. The van der Waals surface area contributed by atoms with E-state index in [1.165, 1.54) is 30.9 Å². The molecule has 1 aliphatic rings. The summed E-state index contributed by atoms with van der Waals surface area (Å²) in [5.74, 6) is -0.487. The smallest absolute Gasteiger partial charge is 0.410 e. The lowest BCUT2D eigenvalue weighted by molar-refractivity contribution is -0.250. The van der Waals surface area contributed by atoms with Crippen molar-refractivity contribution in [3.05, 3.63) is 29.6 Å². The van der Waals surface area contributed by atoms with Crippen LogP contribution in [0, 0.1) is 11.7 Å². The topological polar surface area (TPSA) is 107 Å². The molecule has 0 saturated carbocycles. The lowest BCUT2D eigenvalue weighted by atomic mass is 9.94. The Morgan fingerprint density at radius 1 is 1.18 bits per heavy atom. The monoisotopic (exact) mass is 576 g/mol. The van der Waals surface area contributed by atoms with Crippen molar-refractivity contribution in [2.24, 2.45) is 5.92 Å². The first-order valence-corrected chi connectivity index (χ1v) is 13.3. The van der Waals surface area contributed by atoms with Gasteiger partial charge in [0.25, 0.3) is 0 Å². The number of hydrogen-bond donors (Lipinski definition) is 2. The Morgan fingerprint density at radius 2 is 1.82 bits per heavy atom. The van der Waals surface area contributed by atoms with E-state index in [1.54, 1.807) is 26.8 Å². The van der Waals surface area contributed by atoms with Crippen molar-refractivity contribution in [3.63, 3.8) is 0 Å². The van der Waals surface area contributed by atoms with Gasteiger partial charge in [0.1, 0.15) is 36.1 Å². The van der Waals surface area contributed by atoms with Gasteiger partial charge in [-0.2, -0.15) is 0 Å². The fraction of sp³-hybridized carbons (Fsp3) is 0.714. The van der Waals surface area contributed by atoms with Crippen LogP contribution in [0.3, 0.4) is 0 Å². The Kier molecular flexibility index (Phi) is 12.1. The highest BCUT2D eigenvalue weighted by atomic mass is 19.1. The van der Waals surface area contributed by atoms with Gasteiger partial charge < -0.3 is 29.4 Å². The SMILES string of the molecule is CC(=O)N[C@@H](Cc1cc(F)cc(OCC(C)C)c1)[C@H](O)[C@H]1CO[C@H](OC(C)(CF)CF)CN1C(=O)OC(C)(C)C. The van der Waals surface area contributed by atoms with Crippen LogP contribution >= 0.6 is 0 Å². The third-order valence-corrected chi connectivity index (χ3v) is 5.97. The standard InChI is InChI=1S/C28H43F3N2O7/c1-17(2)13-37-21-9-19(8-20(31)11-21)10-22(32-18(3)34)25(35)23-14-38-24(39-28(7,15-29)16-30)12-33(23)26(36)40-27(4,5)6/h8-9,11,17,22-25,35H,10,12-16H2,1-7H3,(H,32,34)/t22-,23+,24+,25-/m0/s1. The van der Waals surface area contributed by atoms with Crippen LogP contribution in [0.5, 0.6) is 5.75 Å². The lowest BCUT2D eigenvalue weighted by Crippen LogP contribution is -2.63. The van der Waals surface area contributed by atoms with Crippen molar-refractivity contribution in [2.75, 3.05) is 33.1 Å². The van der Waals surface area contributed by atoms with Gasteiger partial charge in [-0.3, -0.25) is 9.69 Å². The van der Waals surface area contributed by atoms with Gasteiger partial charge in [0, 0.05) is 13.0 Å². The summed E-state index contributed by atoms with van der Waals surface area (Å²) in [4.78, 5) is 26.4. The Labute approximate surface area is 234 Å². The summed E-state index contributed by atoms with van der Waals surface area (Å²) in [6.45, 7) is 8.95. The number of ether oxygens (including phenoxy) is 4. The van der Waals surface area contributed by atoms with E-state index in [0.717, 1.165) is 0 Å². The summed E-state index contributed by atoms with van der Waals surface area (Å²) in [6, 6.07) is 2.12. The summed E-state index contributed by atoms with van der Waals surface area (Å²) < 4.78 is 63.5. The first kappa shape index (κ1) is 33.6. The van der Waals surface area contributed by atoms with Crippen molar-refractivity contribution >= 4 is 12.0 Å². The van der Waals surface area contributed by atoms with E-state index in [1.807, 2.05) is 13.8 Å². The fourth-order valence-corrected chi connectivity index (χ4v) is 4.07. The molecule has 0 unspecified atom stereocenters. The maximum Gasteiger partial charge on any atom is 0.410 e. The van der Waals surface area contributed by atoms with Gasteiger partial charge in [0.2, 0.25) is 5.91 Å². The number of nitrogens with one attached hydrogen (secondary N) is 1. The highest BCUT2D eigenvalue weighted by Gasteiger charge is 2.43. The zero-order valence-corrected chi connectivity index (χ0v) is 24.3. The molecule has 40 heavy (non-hydrogen) atoms. The van der Waals surface area contributed by atoms with Crippen LogP contribution in [0.15, 0.2) is 18.2 Å². The first-order chi connectivity index (χ1) is 18.6. The molecular weight excluding hydrogens is 533 g/mol. The van der Waals surface area contributed by atoms with Gasteiger partial charge in [0.15, 0.2) is 6.29 Å². The van der Waals surface area contributed by atoms with Crippen LogP contribution in [0.1, 0.15) is 54.0 Å². The molecule has 0 radical (unpaired) electrons. The molecule has 1 aromatic rings. The molecule has 2 amide bonds. The molecule has 0 aliphatic carbocycles. The van der Waals surface area contributed by atoms with Gasteiger partial charge in [-0.15, -0.1) is 0 Å². The number of aliphatic hydroxyl groups excluding tert-OH is 1. The number of rotatable bonds is 12. The van der Waals surface area contributed by atoms with Crippen LogP contribution in [-0.2, 0) is 25.4 Å².